The van der Waals surface area contributed by atoms with Gasteiger partial charge in [0.25, 0.3) is 0 Å². The molecule has 0 radical (unpaired) electrons. The summed E-state index contributed by atoms with van der Waals surface area (Å²) in [5.41, 5.74) is 2.88. The molecule has 1 N–H and O–H groups in total. The van der Waals surface area contributed by atoms with Crippen LogP contribution in [0.25, 0.3) is 11.4 Å². The molecule has 1 heterocycles. The molecular weight excluding hydrogens is 292 g/mol. The molecular formula is C14H13BrN2O. The summed E-state index contributed by atoms with van der Waals surface area (Å²) in [7, 11) is 0. The zero-order chi connectivity index (χ0) is 12.5. The molecule has 2 aromatic rings. The van der Waals surface area contributed by atoms with Gasteiger partial charge < -0.3 is 5.11 Å². The van der Waals surface area contributed by atoms with Gasteiger partial charge in [0.05, 0.1) is 12.3 Å². The Kier molecular flexibility index (Phi) is 3.14. The minimum atomic E-state index is 0.0203. The second-order valence-corrected chi connectivity index (χ2v) is 5.46. The van der Waals surface area contributed by atoms with Crippen LogP contribution < -0.4 is 0 Å². The van der Waals surface area contributed by atoms with Crippen molar-refractivity contribution in [2.75, 3.05) is 0 Å². The molecule has 0 unspecified atom stereocenters. The molecule has 18 heavy (non-hydrogen) atoms. The van der Waals surface area contributed by atoms with Crippen molar-refractivity contribution in [1.29, 1.82) is 0 Å². The Balaban J connectivity index is 2.02. The molecule has 0 atom stereocenters. The fourth-order valence-electron chi connectivity index (χ4n) is 1.99. The molecule has 0 bridgehead atoms. The maximum Gasteiger partial charge on any atom is 0.159 e. The third-order valence-corrected chi connectivity index (χ3v) is 3.66. The van der Waals surface area contributed by atoms with E-state index in [2.05, 4.69) is 25.9 Å². The largest absolute Gasteiger partial charge is 0.392 e. The molecule has 0 saturated heterocycles. The first-order valence-corrected chi connectivity index (χ1v) is 6.80. The third-order valence-electron chi connectivity index (χ3n) is 3.13. The first kappa shape index (κ1) is 11.8. The van der Waals surface area contributed by atoms with E-state index in [1.807, 2.05) is 24.3 Å². The van der Waals surface area contributed by atoms with Crippen LogP contribution in [0.15, 0.2) is 34.9 Å². The van der Waals surface area contributed by atoms with Crippen LogP contribution in [0.5, 0.6) is 0 Å². The average Bonchev–Trinajstić information content (AvgIpc) is 3.23. The normalized spacial score (nSPS) is 14.8. The van der Waals surface area contributed by atoms with E-state index in [-0.39, 0.29) is 6.61 Å². The van der Waals surface area contributed by atoms with Crippen molar-refractivity contribution in [3.63, 3.8) is 0 Å². The van der Waals surface area contributed by atoms with Gasteiger partial charge in [-0.25, -0.2) is 9.97 Å². The Labute approximate surface area is 114 Å². The van der Waals surface area contributed by atoms with E-state index in [0.29, 0.717) is 5.92 Å². The lowest BCUT2D eigenvalue weighted by atomic mass is 10.1. The molecule has 1 saturated carbocycles. The summed E-state index contributed by atoms with van der Waals surface area (Å²) in [5, 5.41) is 9.31. The van der Waals surface area contributed by atoms with Crippen LogP contribution in [0.4, 0.5) is 0 Å². The Bertz CT molecular complexity index is 565. The van der Waals surface area contributed by atoms with E-state index in [9.17, 15) is 5.11 Å². The highest BCUT2D eigenvalue weighted by Gasteiger charge is 2.28. The number of aliphatic hydroxyl groups is 1. The number of halogens is 1. The first-order chi connectivity index (χ1) is 8.78. The molecule has 1 aromatic heterocycles. The maximum atomic E-state index is 9.31. The summed E-state index contributed by atoms with van der Waals surface area (Å²) >= 11 is 3.41. The predicted molar refractivity (Wildman–Crippen MR) is 73.1 cm³/mol. The Morgan fingerprint density at radius 1 is 1.22 bits per heavy atom. The van der Waals surface area contributed by atoms with E-state index in [1.165, 1.54) is 12.8 Å². The van der Waals surface area contributed by atoms with Gasteiger partial charge in [0.2, 0.25) is 0 Å². The van der Waals surface area contributed by atoms with Crippen LogP contribution in [0.1, 0.15) is 30.0 Å². The standard InChI is InChI=1S/C14H13BrN2O/c15-12-5-3-10(4-6-12)14-16-7-11(8-18)13(17-14)9-1-2-9/h3-7,9,18H,1-2,8H2. The topological polar surface area (TPSA) is 46.0 Å². The molecule has 92 valence electrons. The van der Waals surface area contributed by atoms with E-state index >= 15 is 0 Å². The molecule has 3 rings (SSSR count). The molecule has 1 aromatic carbocycles. The summed E-state index contributed by atoms with van der Waals surface area (Å²) in [6, 6.07) is 7.95. The number of benzene rings is 1. The summed E-state index contributed by atoms with van der Waals surface area (Å²) in [6.07, 6.45) is 4.09. The van der Waals surface area contributed by atoms with Gasteiger partial charge in [0, 0.05) is 27.7 Å². The molecule has 0 spiro atoms. The Hall–Kier alpha value is -1.26. The lowest BCUT2D eigenvalue weighted by Crippen LogP contribution is -2.00. The fraction of sp³-hybridized carbons (Fsp3) is 0.286. The highest BCUT2D eigenvalue weighted by Crippen LogP contribution is 2.41. The molecule has 0 aliphatic heterocycles. The Morgan fingerprint density at radius 3 is 2.56 bits per heavy atom. The minimum absolute atomic E-state index is 0.0203. The second-order valence-electron chi connectivity index (χ2n) is 4.54. The smallest absolute Gasteiger partial charge is 0.159 e. The van der Waals surface area contributed by atoms with Gasteiger partial charge in [-0.1, -0.05) is 28.1 Å². The van der Waals surface area contributed by atoms with Crippen LogP contribution in [0.3, 0.4) is 0 Å². The summed E-state index contributed by atoms with van der Waals surface area (Å²) in [5.74, 6) is 1.26. The van der Waals surface area contributed by atoms with Crippen LogP contribution in [0, 0.1) is 0 Å². The highest BCUT2D eigenvalue weighted by atomic mass is 79.9. The van der Waals surface area contributed by atoms with Gasteiger partial charge in [-0.05, 0) is 25.0 Å². The van der Waals surface area contributed by atoms with Crippen molar-refractivity contribution < 1.29 is 5.11 Å². The monoisotopic (exact) mass is 304 g/mol. The van der Waals surface area contributed by atoms with Crippen LogP contribution in [-0.4, -0.2) is 15.1 Å². The maximum absolute atomic E-state index is 9.31. The van der Waals surface area contributed by atoms with Crippen LogP contribution >= 0.6 is 15.9 Å². The van der Waals surface area contributed by atoms with E-state index in [0.717, 1.165) is 27.1 Å². The molecule has 1 aliphatic rings. The third kappa shape index (κ3) is 2.31. The predicted octanol–water partition coefficient (Wildman–Crippen LogP) is 3.28. The van der Waals surface area contributed by atoms with Gasteiger partial charge >= 0.3 is 0 Å². The van der Waals surface area contributed by atoms with Crippen molar-refractivity contribution >= 4 is 15.9 Å². The summed E-state index contributed by atoms with van der Waals surface area (Å²) in [4.78, 5) is 8.95. The number of aliphatic hydroxyl groups excluding tert-OH is 1. The molecule has 1 fully saturated rings. The summed E-state index contributed by atoms with van der Waals surface area (Å²) < 4.78 is 1.04. The van der Waals surface area contributed by atoms with Crippen LogP contribution in [0.2, 0.25) is 0 Å². The lowest BCUT2D eigenvalue weighted by Gasteiger charge is -2.07. The van der Waals surface area contributed by atoms with Crippen molar-refractivity contribution in [2.45, 2.75) is 25.4 Å². The van der Waals surface area contributed by atoms with E-state index < -0.39 is 0 Å². The van der Waals surface area contributed by atoms with Gasteiger partial charge in [-0.2, -0.15) is 0 Å². The zero-order valence-corrected chi connectivity index (χ0v) is 11.4. The molecule has 4 heteroatoms. The number of hydrogen-bond acceptors (Lipinski definition) is 3. The number of rotatable bonds is 3. The van der Waals surface area contributed by atoms with Gasteiger partial charge in [0.1, 0.15) is 0 Å². The highest BCUT2D eigenvalue weighted by molar-refractivity contribution is 9.10. The Morgan fingerprint density at radius 2 is 1.94 bits per heavy atom. The van der Waals surface area contributed by atoms with Crippen molar-refractivity contribution in [1.82, 2.24) is 9.97 Å². The number of aromatic nitrogens is 2. The quantitative estimate of drug-likeness (QED) is 0.946. The summed E-state index contributed by atoms with van der Waals surface area (Å²) in [6.45, 7) is 0.0203. The van der Waals surface area contributed by atoms with Crippen LogP contribution in [-0.2, 0) is 6.61 Å². The van der Waals surface area contributed by atoms with Gasteiger partial charge in [-0.3, -0.25) is 0 Å². The first-order valence-electron chi connectivity index (χ1n) is 6.00. The van der Waals surface area contributed by atoms with E-state index in [1.54, 1.807) is 6.20 Å². The SMILES string of the molecule is OCc1cnc(-c2ccc(Br)cc2)nc1C1CC1. The molecule has 3 nitrogen and oxygen atoms in total. The van der Waals surface area contributed by atoms with Crippen molar-refractivity contribution in [3.8, 4) is 11.4 Å². The molecule has 1 aliphatic carbocycles. The second kappa shape index (κ2) is 4.78. The van der Waals surface area contributed by atoms with Crippen molar-refractivity contribution in [2.24, 2.45) is 0 Å². The minimum Gasteiger partial charge on any atom is -0.392 e. The zero-order valence-electron chi connectivity index (χ0n) is 9.81. The van der Waals surface area contributed by atoms with E-state index in [4.69, 9.17) is 0 Å². The average molecular weight is 305 g/mol. The van der Waals surface area contributed by atoms with Crippen molar-refractivity contribution in [3.05, 3.63) is 46.2 Å². The number of hydrogen-bond donors (Lipinski definition) is 1. The lowest BCUT2D eigenvalue weighted by molar-refractivity contribution is 0.279. The van der Waals surface area contributed by atoms with Gasteiger partial charge in [0.15, 0.2) is 5.82 Å². The fourth-order valence-corrected chi connectivity index (χ4v) is 2.25. The molecule has 0 amide bonds. The van der Waals surface area contributed by atoms with Gasteiger partial charge in [-0.15, -0.1) is 0 Å². The number of nitrogens with zero attached hydrogens (tertiary/aromatic N) is 2.